The van der Waals surface area contributed by atoms with Crippen molar-refractivity contribution in [1.82, 2.24) is 5.32 Å². The van der Waals surface area contributed by atoms with Gasteiger partial charge in [-0.05, 0) is 58.1 Å². The molecule has 9 heteroatoms. The molecular weight excluding hydrogens is 602 g/mol. The topological polar surface area (TPSA) is 114 Å². The standard InChI is InChI=1S/C37H37NO7S/c1-3-19-43-37(42)38-21-26-5-4-6-31(20-26)27-11-13-30(14-12-27)36-44-33(23-46-32-17-15-29(16-18-32)35(40)41)24(2)34(45-36)28-9-7-25(22-39)8-10-28/h3-18,20,24,33-34,36,39H,1,19,21-23H2,2H3,(H,38,42)(H,40,41)/t24-,33+,34+,36+/m1/s1. The Morgan fingerprint density at radius 2 is 1.63 bits per heavy atom. The van der Waals surface area contributed by atoms with Crippen LogP contribution >= 0.6 is 11.8 Å². The number of benzene rings is 4. The number of carboxylic acid groups (broad SMARTS) is 1. The highest BCUT2D eigenvalue weighted by Gasteiger charge is 2.38. The summed E-state index contributed by atoms with van der Waals surface area (Å²) in [7, 11) is 0. The summed E-state index contributed by atoms with van der Waals surface area (Å²) in [6, 6.07) is 30.7. The number of aliphatic hydroxyl groups excluding tert-OH is 1. The second-order valence-corrected chi connectivity index (χ2v) is 12.1. The van der Waals surface area contributed by atoms with Crippen molar-refractivity contribution in [2.24, 2.45) is 5.92 Å². The van der Waals surface area contributed by atoms with E-state index in [1.54, 1.807) is 23.9 Å². The van der Waals surface area contributed by atoms with Crippen LogP contribution in [0.5, 0.6) is 0 Å². The van der Waals surface area contributed by atoms with Gasteiger partial charge in [0.1, 0.15) is 6.61 Å². The Labute approximate surface area is 273 Å². The van der Waals surface area contributed by atoms with Crippen molar-refractivity contribution in [2.45, 2.75) is 43.5 Å². The molecule has 0 radical (unpaired) electrons. The van der Waals surface area contributed by atoms with Gasteiger partial charge in [0.05, 0.1) is 24.4 Å². The summed E-state index contributed by atoms with van der Waals surface area (Å²) in [5.41, 5.74) is 5.94. The van der Waals surface area contributed by atoms with Gasteiger partial charge in [0.2, 0.25) is 0 Å². The number of hydrogen-bond donors (Lipinski definition) is 3. The number of carbonyl (C=O) groups excluding carboxylic acids is 1. The van der Waals surface area contributed by atoms with E-state index in [1.807, 2.05) is 84.9 Å². The van der Waals surface area contributed by atoms with Crippen LogP contribution in [0.4, 0.5) is 4.79 Å². The molecule has 8 nitrogen and oxygen atoms in total. The molecule has 1 aliphatic rings. The van der Waals surface area contributed by atoms with Crippen molar-refractivity contribution < 1.29 is 34.0 Å². The van der Waals surface area contributed by atoms with E-state index >= 15 is 0 Å². The second-order valence-electron chi connectivity index (χ2n) is 11.0. The molecule has 4 aromatic carbocycles. The zero-order valence-electron chi connectivity index (χ0n) is 25.5. The monoisotopic (exact) mass is 639 g/mol. The minimum absolute atomic E-state index is 0.0201. The first-order chi connectivity index (χ1) is 22.3. The van der Waals surface area contributed by atoms with Crippen molar-refractivity contribution >= 4 is 23.8 Å². The van der Waals surface area contributed by atoms with Gasteiger partial charge < -0.3 is 29.7 Å². The Balaban J connectivity index is 1.32. The fourth-order valence-corrected chi connectivity index (χ4v) is 6.30. The van der Waals surface area contributed by atoms with Gasteiger partial charge in [-0.1, -0.05) is 86.3 Å². The zero-order valence-corrected chi connectivity index (χ0v) is 26.3. The minimum atomic E-state index is -0.951. The van der Waals surface area contributed by atoms with Gasteiger partial charge in [-0.25, -0.2) is 9.59 Å². The number of amides is 1. The van der Waals surface area contributed by atoms with Gasteiger partial charge in [-0.3, -0.25) is 0 Å². The third-order valence-electron chi connectivity index (χ3n) is 7.85. The molecule has 1 fully saturated rings. The molecule has 0 aliphatic carbocycles. The first-order valence-corrected chi connectivity index (χ1v) is 16.0. The molecule has 238 valence electrons. The number of hydrogen-bond acceptors (Lipinski definition) is 7. The quantitative estimate of drug-likeness (QED) is 0.108. The number of ether oxygens (including phenoxy) is 3. The number of nitrogens with one attached hydrogen (secondary N) is 1. The van der Waals surface area contributed by atoms with Crippen LogP contribution in [-0.4, -0.2) is 40.7 Å². The lowest BCUT2D eigenvalue weighted by atomic mass is 9.91. The van der Waals surface area contributed by atoms with Crippen molar-refractivity contribution in [3.05, 3.63) is 138 Å². The van der Waals surface area contributed by atoms with E-state index in [0.29, 0.717) is 12.3 Å². The summed E-state index contributed by atoms with van der Waals surface area (Å²) < 4.78 is 18.2. The lowest BCUT2D eigenvalue weighted by Crippen LogP contribution is -2.38. The van der Waals surface area contributed by atoms with Crippen LogP contribution in [0.1, 0.15) is 51.9 Å². The molecule has 1 amide bonds. The van der Waals surface area contributed by atoms with Crippen molar-refractivity contribution in [1.29, 1.82) is 0 Å². The van der Waals surface area contributed by atoms with E-state index in [4.69, 9.17) is 14.2 Å². The summed E-state index contributed by atoms with van der Waals surface area (Å²) in [4.78, 5) is 24.0. The van der Waals surface area contributed by atoms with E-state index in [0.717, 1.165) is 38.3 Å². The Kier molecular flexibility index (Phi) is 11.3. The maximum atomic E-state index is 11.8. The number of carboxylic acids is 1. The number of thioether (sulfide) groups is 1. The molecule has 3 N–H and O–H groups in total. The SMILES string of the molecule is C=CCOC(=O)NCc1cccc(-c2ccc([C@H]3O[C@@H](CSc4ccc(C(=O)O)cc4)[C@@H](C)[C@@H](c4ccc(CO)cc4)O3)cc2)c1. The molecule has 0 saturated carbocycles. The summed E-state index contributed by atoms with van der Waals surface area (Å²) >= 11 is 1.62. The molecule has 1 saturated heterocycles. The van der Waals surface area contributed by atoms with Crippen molar-refractivity contribution in [3.63, 3.8) is 0 Å². The van der Waals surface area contributed by atoms with E-state index in [9.17, 15) is 19.8 Å². The third kappa shape index (κ3) is 8.44. The van der Waals surface area contributed by atoms with Crippen LogP contribution in [0.2, 0.25) is 0 Å². The van der Waals surface area contributed by atoms with Crippen LogP contribution in [-0.2, 0) is 27.4 Å². The van der Waals surface area contributed by atoms with E-state index < -0.39 is 18.4 Å². The summed E-state index contributed by atoms with van der Waals surface area (Å²) in [6.07, 6.45) is 0.0185. The molecule has 4 atom stereocenters. The highest BCUT2D eigenvalue weighted by atomic mass is 32.2. The van der Waals surface area contributed by atoms with Crippen LogP contribution in [0, 0.1) is 5.92 Å². The van der Waals surface area contributed by atoms with Gasteiger partial charge in [-0.2, -0.15) is 0 Å². The largest absolute Gasteiger partial charge is 0.478 e. The number of aliphatic hydroxyl groups is 1. The minimum Gasteiger partial charge on any atom is -0.478 e. The third-order valence-corrected chi connectivity index (χ3v) is 8.95. The summed E-state index contributed by atoms with van der Waals surface area (Å²) in [6.45, 7) is 6.13. The van der Waals surface area contributed by atoms with Crippen LogP contribution < -0.4 is 5.32 Å². The van der Waals surface area contributed by atoms with Gasteiger partial charge in [-0.15, -0.1) is 11.8 Å². The average molecular weight is 640 g/mol. The number of aromatic carboxylic acids is 1. The Morgan fingerprint density at radius 3 is 2.30 bits per heavy atom. The predicted molar refractivity (Wildman–Crippen MR) is 177 cm³/mol. The van der Waals surface area contributed by atoms with Crippen LogP contribution in [0.15, 0.2) is 115 Å². The smallest absolute Gasteiger partial charge is 0.407 e. The first kappa shape index (κ1) is 33.0. The average Bonchev–Trinajstić information content (AvgIpc) is 3.10. The van der Waals surface area contributed by atoms with E-state index in [1.165, 1.54) is 6.08 Å². The maximum absolute atomic E-state index is 11.8. The molecular formula is C37H37NO7S. The van der Waals surface area contributed by atoms with Gasteiger partial charge in [0, 0.05) is 28.7 Å². The zero-order chi connectivity index (χ0) is 32.5. The fraction of sp³-hybridized carbons (Fsp3) is 0.243. The molecule has 4 aromatic rings. The Hall–Kier alpha value is -4.41. The molecule has 46 heavy (non-hydrogen) atoms. The van der Waals surface area contributed by atoms with Crippen molar-refractivity contribution in [3.8, 4) is 11.1 Å². The molecule has 0 spiro atoms. The lowest BCUT2D eigenvalue weighted by molar-refractivity contribution is -0.268. The highest BCUT2D eigenvalue weighted by Crippen LogP contribution is 2.43. The van der Waals surface area contributed by atoms with E-state index in [-0.39, 0.29) is 36.9 Å². The van der Waals surface area contributed by atoms with Crippen LogP contribution in [0.3, 0.4) is 0 Å². The molecule has 0 unspecified atom stereocenters. The number of carbonyl (C=O) groups is 2. The Bertz CT molecular complexity index is 1620. The molecule has 0 aromatic heterocycles. The first-order valence-electron chi connectivity index (χ1n) is 15.0. The number of rotatable bonds is 12. The van der Waals surface area contributed by atoms with Crippen molar-refractivity contribution in [2.75, 3.05) is 12.4 Å². The van der Waals surface area contributed by atoms with Crippen LogP contribution in [0.25, 0.3) is 11.1 Å². The Morgan fingerprint density at radius 1 is 0.913 bits per heavy atom. The highest BCUT2D eigenvalue weighted by molar-refractivity contribution is 7.99. The molecule has 1 heterocycles. The summed E-state index contributed by atoms with van der Waals surface area (Å²) in [5, 5.41) is 21.5. The van der Waals surface area contributed by atoms with E-state index in [2.05, 4.69) is 18.8 Å². The molecule has 0 bridgehead atoms. The molecule has 5 rings (SSSR count). The second kappa shape index (κ2) is 15.7. The van der Waals surface area contributed by atoms with Gasteiger partial charge in [0.25, 0.3) is 0 Å². The predicted octanol–water partition coefficient (Wildman–Crippen LogP) is 7.54. The molecule has 1 aliphatic heterocycles. The summed E-state index contributed by atoms with van der Waals surface area (Å²) in [5.74, 6) is -0.279. The fourth-order valence-electron chi connectivity index (χ4n) is 5.24. The number of alkyl carbamates (subject to hydrolysis) is 1. The van der Waals surface area contributed by atoms with Gasteiger partial charge in [0.15, 0.2) is 6.29 Å². The normalized spacial score (nSPS) is 19.3. The lowest BCUT2D eigenvalue weighted by Gasteiger charge is -2.41. The van der Waals surface area contributed by atoms with Gasteiger partial charge >= 0.3 is 12.1 Å². The maximum Gasteiger partial charge on any atom is 0.407 e.